The van der Waals surface area contributed by atoms with Gasteiger partial charge in [0.25, 0.3) is 11.6 Å². The number of hydrogen-bond acceptors (Lipinski definition) is 6. The molecular weight excluding hydrogens is 324 g/mol. The number of nitrogens with zero attached hydrogens (tertiary/aromatic N) is 2. The Hall–Kier alpha value is -3.26. The predicted molar refractivity (Wildman–Crippen MR) is 93.4 cm³/mol. The molecule has 2 aromatic carbocycles. The fourth-order valence-corrected chi connectivity index (χ4v) is 2.70. The molecule has 0 aromatic heterocycles. The third-order valence-corrected chi connectivity index (χ3v) is 3.96. The molecule has 1 unspecified atom stereocenters. The van der Waals surface area contributed by atoms with Gasteiger partial charge in [-0.3, -0.25) is 20.3 Å². The lowest BCUT2D eigenvalue weighted by Gasteiger charge is -2.20. The van der Waals surface area contributed by atoms with E-state index in [-0.39, 0.29) is 12.1 Å². The van der Waals surface area contributed by atoms with Crippen molar-refractivity contribution in [3.8, 4) is 0 Å². The van der Waals surface area contributed by atoms with E-state index >= 15 is 0 Å². The number of fused-ring (bicyclic) bond motifs is 1. The average Bonchev–Trinajstić information content (AvgIpc) is 2.84. The molecule has 0 fully saturated rings. The van der Waals surface area contributed by atoms with E-state index in [1.807, 2.05) is 0 Å². The van der Waals surface area contributed by atoms with Crippen LogP contribution in [0.4, 0.5) is 17.1 Å². The van der Waals surface area contributed by atoms with Crippen LogP contribution in [0.5, 0.6) is 0 Å². The molecule has 0 saturated carbocycles. The standard InChI is InChI=1S/C17H16N4O4/c1-11(19-20-12-6-8-13(9-7-12)21(24)25)10-17(23)14-4-2-3-5-15(14)18-16(17)22/h2-9,20,23H,10H2,1H3,(H,18,22). The van der Waals surface area contributed by atoms with E-state index in [2.05, 4.69) is 15.8 Å². The molecule has 3 rings (SSSR count). The number of carbonyl (C=O) groups excluding carboxylic acids is 1. The van der Waals surface area contributed by atoms with Gasteiger partial charge in [0, 0.05) is 35.5 Å². The average molecular weight is 340 g/mol. The van der Waals surface area contributed by atoms with Crippen LogP contribution < -0.4 is 10.7 Å². The summed E-state index contributed by atoms with van der Waals surface area (Å²) in [6, 6.07) is 12.7. The summed E-state index contributed by atoms with van der Waals surface area (Å²) >= 11 is 0. The number of rotatable bonds is 5. The second-order valence-electron chi connectivity index (χ2n) is 5.80. The van der Waals surface area contributed by atoms with Crippen molar-refractivity contribution in [2.45, 2.75) is 18.9 Å². The number of carbonyl (C=O) groups is 1. The normalized spacial score (nSPS) is 19.3. The van der Waals surface area contributed by atoms with Gasteiger partial charge < -0.3 is 10.4 Å². The third kappa shape index (κ3) is 3.20. The summed E-state index contributed by atoms with van der Waals surface area (Å²) in [4.78, 5) is 22.3. The molecule has 0 spiro atoms. The highest BCUT2D eigenvalue weighted by Crippen LogP contribution is 2.38. The largest absolute Gasteiger partial charge is 0.375 e. The fraction of sp³-hybridized carbons (Fsp3) is 0.176. The first-order chi connectivity index (χ1) is 11.9. The number of hydrogen-bond donors (Lipinski definition) is 3. The summed E-state index contributed by atoms with van der Waals surface area (Å²) in [7, 11) is 0. The number of para-hydroxylation sites is 1. The number of aliphatic hydroxyl groups is 1. The topological polar surface area (TPSA) is 117 Å². The van der Waals surface area contributed by atoms with Gasteiger partial charge in [-0.15, -0.1) is 0 Å². The molecule has 1 aliphatic rings. The van der Waals surface area contributed by atoms with Crippen LogP contribution in [0, 0.1) is 10.1 Å². The Kier molecular flexibility index (Phi) is 4.20. The maximum Gasteiger partial charge on any atom is 0.269 e. The highest BCUT2D eigenvalue weighted by Gasteiger charge is 2.45. The van der Waals surface area contributed by atoms with Crippen molar-refractivity contribution in [2.75, 3.05) is 10.7 Å². The summed E-state index contributed by atoms with van der Waals surface area (Å²) in [6.07, 6.45) is 0.0236. The molecule has 0 saturated heterocycles. The lowest BCUT2D eigenvalue weighted by molar-refractivity contribution is -0.384. The zero-order valence-corrected chi connectivity index (χ0v) is 13.4. The van der Waals surface area contributed by atoms with Gasteiger partial charge in [0.15, 0.2) is 5.60 Å². The van der Waals surface area contributed by atoms with E-state index in [1.165, 1.54) is 24.3 Å². The minimum Gasteiger partial charge on any atom is -0.375 e. The van der Waals surface area contributed by atoms with Crippen molar-refractivity contribution >= 4 is 28.7 Å². The number of hydrazone groups is 1. The van der Waals surface area contributed by atoms with Crippen LogP contribution in [0.15, 0.2) is 53.6 Å². The van der Waals surface area contributed by atoms with Gasteiger partial charge in [-0.25, -0.2) is 0 Å². The van der Waals surface area contributed by atoms with Crippen LogP contribution in [0.25, 0.3) is 0 Å². The van der Waals surface area contributed by atoms with E-state index in [0.717, 1.165) is 0 Å². The van der Waals surface area contributed by atoms with Crippen molar-refractivity contribution in [2.24, 2.45) is 5.10 Å². The first-order valence-corrected chi connectivity index (χ1v) is 7.57. The first-order valence-electron chi connectivity index (χ1n) is 7.57. The van der Waals surface area contributed by atoms with Gasteiger partial charge in [0.05, 0.1) is 10.6 Å². The monoisotopic (exact) mass is 340 g/mol. The molecule has 0 bridgehead atoms. The maximum atomic E-state index is 12.2. The second-order valence-corrected chi connectivity index (χ2v) is 5.80. The van der Waals surface area contributed by atoms with Crippen molar-refractivity contribution in [3.63, 3.8) is 0 Å². The Morgan fingerprint density at radius 1 is 1.28 bits per heavy atom. The number of anilines is 2. The summed E-state index contributed by atoms with van der Waals surface area (Å²) < 4.78 is 0. The maximum absolute atomic E-state index is 12.2. The molecule has 2 aromatic rings. The van der Waals surface area contributed by atoms with Crippen molar-refractivity contribution in [1.29, 1.82) is 0 Å². The molecule has 1 heterocycles. The van der Waals surface area contributed by atoms with E-state index in [9.17, 15) is 20.0 Å². The van der Waals surface area contributed by atoms with E-state index < -0.39 is 16.4 Å². The Morgan fingerprint density at radius 3 is 2.64 bits per heavy atom. The molecule has 1 atom stereocenters. The van der Waals surface area contributed by atoms with Gasteiger partial charge in [-0.2, -0.15) is 5.10 Å². The highest BCUT2D eigenvalue weighted by molar-refractivity contribution is 6.07. The summed E-state index contributed by atoms with van der Waals surface area (Å²) in [5.41, 5.74) is 3.26. The van der Waals surface area contributed by atoms with E-state index in [4.69, 9.17) is 0 Å². The quantitative estimate of drug-likeness (QED) is 0.439. The third-order valence-electron chi connectivity index (χ3n) is 3.96. The van der Waals surface area contributed by atoms with Gasteiger partial charge >= 0.3 is 0 Å². The van der Waals surface area contributed by atoms with Gasteiger partial charge in [0.1, 0.15) is 0 Å². The molecule has 0 radical (unpaired) electrons. The molecule has 128 valence electrons. The second kappa shape index (κ2) is 6.33. The number of non-ortho nitro benzene ring substituents is 1. The van der Waals surface area contributed by atoms with Gasteiger partial charge in [0.2, 0.25) is 0 Å². The first kappa shape index (κ1) is 16.6. The number of benzene rings is 2. The Bertz CT molecular complexity index is 863. The summed E-state index contributed by atoms with van der Waals surface area (Å²) in [5.74, 6) is -0.487. The molecule has 3 N–H and O–H groups in total. The molecule has 8 heteroatoms. The molecule has 1 amide bonds. The Labute approximate surface area is 143 Å². The van der Waals surface area contributed by atoms with E-state index in [0.29, 0.717) is 22.6 Å². The number of nitro benzene ring substituents is 1. The molecule has 1 aliphatic heterocycles. The fourth-order valence-electron chi connectivity index (χ4n) is 2.70. The number of nitrogens with one attached hydrogen (secondary N) is 2. The minimum absolute atomic E-state index is 0.0141. The molecule has 0 aliphatic carbocycles. The van der Waals surface area contributed by atoms with Crippen LogP contribution >= 0.6 is 0 Å². The van der Waals surface area contributed by atoms with Gasteiger partial charge in [-0.05, 0) is 25.1 Å². The number of amides is 1. The van der Waals surface area contributed by atoms with Crippen molar-refractivity contribution < 1.29 is 14.8 Å². The summed E-state index contributed by atoms with van der Waals surface area (Å²) in [5, 5.41) is 28.2. The van der Waals surface area contributed by atoms with Crippen LogP contribution in [0.2, 0.25) is 0 Å². The predicted octanol–water partition coefficient (Wildman–Crippen LogP) is 2.61. The van der Waals surface area contributed by atoms with Gasteiger partial charge in [-0.1, -0.05) is 18.2 Å². The summed E-state index contributed by atoms with van der Waals surface area (Å²) in [6.45, 7) is 1.69. The Morgan fingerprint density at radius 2 is 1.96 bits per heavy atom. The van der Waals surface area contributed by atoms with Crippen LogP contribution in [0.3, 0.4) is 0 Å². The van der Waals surface area contributed by atoms with E-state index in [1.54, 1.807) is 31.2 Å². The number of nitro groups is 1. The Balaban J connectivity index is 1.73. The minimum atomic E-state index is -1.67. The smallest absolute Gasteiger partial charge is 0.269 e. The SMILES string of the molecule is CC(CC1(O)C(=O)Nc2ccccc21)=NNc1ccc([N+](=O)[O-])cc1. The zero-order chi connectivity index (χ0) is 18.0. The van der Waals surface area contributed by atoms with Crippen LogP contribution in [-0.4, -0.2) is 21.6 Å². The lowest BCUT2D eigenvalue weighted by atomic mass is 9.90. The molecule has 8 nitrogen and oxygen atoms in total. The van der Waals surface area contributed by atoms with Crippen molar-refractivity contribution in [1.82, 2.24) is 0 Å². The van der Waals surface area contributed by atoms with Crippen LogP contribution in [0.1, 0.15) is 18.9 Å². The highest BCUT2D eigenvalue weighted by atomic mass is 16.6. The molecular formula is C17H16N4O4. The van der Waals surface area contributed by atoms with Crippen molar-refractivity contribution in [3.05, 3.63) is 64.2 Å². The zero-order valence-electron chi connectivity index (χ0n) is 13.4. The molecule has 25 heavy (non-hydrogen) atoms. The van der Waals surface area contributed by atoms with Crippen LogP contribution in [-0.2, 0) is 10.4 Å². The lowest BCUT2D eigenvalue weighted by Crippen LogP contribution is -2.36.